The molecule has 3 saturated carbocycles. The van der Waals surface area contributed by atoms with Crippen molar-refractivity contribution in [2.45, 2.75) is 117 Å². The molecular formula is C30H50O3. The number of fused-ring (bicyclic) bond motifs is 1. The first-order valence-electron chi connectivity index (χ1n) is 12.8. The highest BCUT2D eigenvalue weighted by Gasteiger charge is 2.49. The molecule has 3 fully saturated rings. The van der Waals surface area contributed by atoms with Gasteiger partial charge in [0.25, 0.3) is 0 Å². The van der Waals surface area contributed by atoms with Crippen LogP contribution in [0, 0.1) is 36.0 Å². The highest BCUT2D eigenvalue weighted by Crippen LogP contribution is 2.59. The van der Waals surface area contributed by atoms with Crippen molar-refractivity contribution in [1.29, 1.82) is 0 Å². The Labute approximate surface area is 204 Å². The van der Waals surface area contributed by atoms with Gasteiger partial charge in [-0.2, -0.15) is 0 Å². The molecule has 0 aromatic rings. The number of rotatable bonds is 5. The van der Waals surface area contributed by atoms with E-state index in [0.717, 1.165) is 38.0 Å². The van der Waals surface area contributed by atoms with Crippen molar-refractivity contribution in [3.8, 4) is 12.8 Å². The summed E-state index contributed by atoms with van der Waals surface area (Å²) in [6.07, 6.45) is 20.6. The van der Waals surface area contributed by atoms with Crippen LogP contribution in [0.2, 0.25) is 0 Å². The third-order valence-electron chi connectivity index (χ3n) is 8.22. The van der Waals surface area contributed by atoms with Crippen molar-refractivity contribution in [3.05, 3.63) is 36.0 Å². The van der Waals surface area contributed by atoms with Crippen LogP contribution in [0.25, 0.3) is 0 Å². The molecule has 5 atom stereocenters. The monoisotopic (exact) mass is 458 g/mol. The van der Waals surface area contributed by atoms with E-state index in [-0.39, 0.29) is 0 Å². The number of aliphatic hydroxyl groups excluding tert-OH is 2. The summed E-state index contributed by atoms with van der Waals surface area (Å²) in [5.41, 5.74) is 3.65. The second-order valence-corrected chi connectivity index (χ2v) is 11.4. The Balaban J connectivity index is 0.000000380. The summed E-state index contributed by atoms with van der Waals surface area (Å²) < 4.78 is 0. The van der Waals surface area contributed by atoms with Crippen LogP contribution >= 0.6 is 0 Å². The first kappa shape index (κ1) is 29.7. The Kier molecular flexibility index (Phi) is 11.6. The van der Waals surface area contributed by atoms with E-state index < -0.39 is 17.8 Å². The number of hydrogen-bond donors (Lipinski definition) is 3. The molecule has 0 saturated heterocycles. The van der Waals surface area contributed by atoms with Crippen LogP contribution in [-0.2, 0) is 0 Å². The minimum absolute atomic E-state index is 0.412. The quantitative estimate of drug-likeness (QED) is 0.322. The molecule has 0 radical (unpaired) electrons. The Morgan fingerprint density at radius 1 is 1.18 bits per heavy atom. The second kappa shape index (κ2) is 12.9. The van der Waals surface area contributed by atoms with Crippen molar-refractivity contribution < 1.29 is 15.3 Å². The molecule has 2 unspecified atom stereocenters. The molecule has 3 aliphatic rings. The van der Waals surface area contributed by atoms with Crippen LogP contribution in [0.1, 0.15) is 98.8 Å². The second-order valence-electron chi connectivity index (χ2n) is 11.4. The first-order valence-corrected chi connectivity index (χ1v) is 12.8. The molecule has 0 bridgehead atoms. The van der Waals surface area contributed by atoms with Crippen LogP contribution in [0.15, 0.2) is 36.0 Å². The van der Waals surface area contributed by atoms with Gasteiger partial charge in [0.15, 0.2) is 0 Å². The smallest absolute Gasteiger partial charge is 0.0774 e. The van der Waals surface area contributed by atoms with Gasteiger partial charge in [0.2, 0.25) is 0 Å². The van der Waals surface area contributed by atoms with Crippen molar-refractivity contribution in [2.75, 3.05) is 0 Å². The summed E-state index contributed by atoms with van der Waals surface area (Å²) in [6.45, 7) is 18.6. The summed E-state index contributed by atoms with van der Waals surface area (Å²) >= 11 is 0. The maximum atomic E-state index is 9.86. The Bertz CT molecular complexity index is 681. The van der Waals surface area contributed by atoms with Gasteiger partial charge in [0, 0.05) is 0 Å². The molecular weight excluding hydrogens is 408 g/mol. The highest BCUT2D eigenvalue weighted by atomic mass is 16.3. The molecule has 3 nitrogen and oxygen atoms in total. The van der Waals surface area contributed by atoms with Crippen LogP contribution in [0.4, 0.5) is 0 Å². The fourth-order valence-electron chi connectivity index (χ4n) is 6.36. The molecule has 0 aliphatic heterocycles. The summed E-state index contributed by atoms with van der Waals surface area (Å²) in [4.78, 5) is 0. The molecule has 3 rings (SSSR count). The average molecular weight is 459 g/mol. The normalized spacial score (nSPS) is 35.0. The molecule has 0 aromatic heterocycles. The summed E-state index contributed by atoms with van der Waals surface area (Å²) in [5, 5.41) is 28.4. The van der Waals surface area contributed by atoms with Crippen molar-refractivity contribution in [2.24, 2.45) is 23.2 Å². The fourth-order valence-corrected chi connectivity index (χ4v) is 6.36. The number of hydrogen-bond acceptors (Lipinski definition) is 3. The number of terminal acetylenes is 1. The van der Waals surface area contributed by atoms with Gasteiger partial charge in [-0.15, -0.1) is 12.8 Å². The lowest BCUT2D eigenvalue weighted by Gasteiger charge is -2.43. The Hall–Kier alpha value is -1.34. The van der Waals surface area contributed by atoms with Crippen molar-refractivity contribution >= 4 is 0 Å². The summed E-state index contributed by atoms with van der Waals surface area (Å²) in [5.74, 6) is 1.90. The van der Waals surface area contributed by atoms with E-state index in [1.165, 1.54) is 37.7 Å². The van der Waals surface area contributed by atoms with E-state index in [9.17, 15) is 15.3 Å². The minimum Gasteiger partial charge on any atom is -0.390 e. The zero-order chi connectivity index (χ0) is 25.4. The Morgan fingerprint density at radius 2 is 1.76 bits per heavy atom. The van der Waals surface area contributed by atoms with Crippen LogP contribution in [-0.4, -0.2) is 33.1 Å². The first-order chi connectivity index (χ1) is 15.4. The largest absolute Gasteiger partial charge is 0.390 e. The predicted molar refractivity (Wildman–Crippen MR) is 141 cm³/mol. The molecule has 0 amide bonds. The van der Waals surface area contributed by atoms with Gasteiger partial charge in [0.05, 0.1) is 17.8 Å². The lowest BCUT2D eigenvalue weighted by molar-refractivity contribution is 0.0682. The molecule has 3 N–H and O–H groups in total. The molecule has 0 aromatic carbocycles. The SMILES string of the molecule is C#C.C=C(CCCC(C)(C)O)C1CC[C@H]2/C(=C/C)CCCC12C.C=C1[C@H](O)CC(C)C[C@H]1O. The maximum Gasteiger partial charge on any atom is 0.0774 e. The van der Waals surface area contributed by atoms with E-state index in [4.69, 9.17) is 0 Å². The molecule has 3 aliphatic carbocycles. The van der Waals surface area contributed by atoms with E-state index in [1.807, 2.05) is 20.8 Å². The van der Waals surface area contributed by atoms with E-state index in [0.29, 0.717) is 22.8 Å². The predicted octanol–water partition coefficient (Wildman–Crippen LogP) is 6.59. The molecule has 0 spiro atoms. The molecule has 33 heavy (non-hydrogen) atoms. The van der Waals surface area contributed by atoms with Gasteiger partial charge < -0.3 is 15.3 Å². The van der Waals surface area contributed by atoms with Crippen molar-refractivity contribution in [1.82, 2.24) is 0 Å². The maximum absolute atomic E-state index is 9.86. The third kappa shape index (κ3) is 8.13. The standard InChI is InChI=1S/C20H34O.C8H14O2.C2H2/c1-6-16-10-8-14-20(5)17(11-12-18(16)20)15(2)9-7-13-19(3,4)21;1-5-3-7(9)6(2)8(10)4-5;1-2/h6,17-18,21H,2,7-14H2,1,3-5H3;5,7-10H,2-4H2,1H3;1-2H/b16-6+;;/t17?,18-,20?;7-,8-;/m01./s1. The van der Waals surface area contributed by atoms with E-state index in [1.54, 1.807) is 5.57 Å². The lowest BCUT2D eigenvalue weighted by Crippen LogP contribution is -2.34. The summed E-state index contributed by atoms with van der Waals surface area (Å²) in [6, 6.07) is 0. The van der Waals surface area contributed by atoms with Gasteiger partial charge in [-0.3, -0.25) is 0 Å². The van der Waals surface area contributed by atoms with Gasteiger partial charge in [0.1, 0.15) is 0 Å². The average Bonchev–Trinajstić information content (AvgIpc) is 3.10. The van der Waals surface area contributed by atoms with Crippen LogP contribution < -0.4 is 0 Å². The topological polar surface area (TPSA) is 60.7 Å². The zero-order valence-corrected chi connectivity index (χ0v) is 21.9. The lowest BCUT2D eigenvalue weighted by atomic mass is 9.62. The fraction of sp³-hybridized carbons (Fsp3) is 0.733. The molecule has 3 heteroatoms. The van der Waals surface area contributed by atoms with Crippen molar-refractivity contribution in [3.63, 3.8) is 0 Å². The molecule has 188 valence electrons. The summed E-state index contributed by atoms with van der Waals surface area (Å²) in [7, 11) is 0. The zero-order valence-electron chi connectivity index (χ0n) is 21.9. The van der Waals surface area contributed by atoms with Gasteiger partial charge in [-0.05, 0) is 114 Å². The van der Waals surface area contributed by atoms with E-state index >= 15 is 0 Å². The van der Waals surface area contributed by atoms with Gasteiger partial charge in [-0.1, -0.05) is 44.2 Å². The molecule has 0 heterocycles. The number of allylic oxidation sites excluding steroid dienone is 3. The van der Waals surface area contributed by atoms with Gasteiger partial charge >= 0.3 is 0 Å². The van der Waals surface area contributed by atoms with Crippen LogP contribution in [0.3, 0.4) is 0 Å². The van der Waals surface area contributed by atoms with Crippen LogP contribution in [0.5, 0.6) is 0 Å². The minimum atomic E-state index is -0.536. The van der Waals surface area contributed by atoms with E-state index in [2.05, 4.69) is 45.9 Å². The Morgan fingerprint density at radius 3 is 2.27 bits per heavy atom. The number of aliphatic hydroxyl groups is 3. The van der Waals surface area contributed by atoms with Gasteiger partial charge in [-0.25, -0.2) is 0 Å². The highest BCUT2D eigenvalue weighted by molar-refractivity contribution is 5.22. The third-order valence-corrected chi connectivity index (χ3v) is 8.22.